The number of aromatic nitrogens is 6. The van der Waals surface area contributed by atoms with Crippen molar-refractivity contribution in [1.29, 1.82) is 0 Å². The molecule has 0 bridgehead atoms. The van der Waals surface area contributed by atoms with Crippen molar-refractivity contribution < 1.29 is 4.74 Å². The molecule has 0 spiro atoms. The van der Waals surface area contributed by atoms with E-state index >= 15 is 0 Å². The van der Waals surface area contributed by atoms with Crippen molar-refractivity contribution in [3.8, 4) is 0 Å². The van der Waals surface area contributed by atoms with E-state index in [9.17, 15) is 4.79 Å². The molecule has 3 aromatic rings. The van der Waals surface area contributed by atoms with Gasteiger partial charge in [-0.1, -0.05) is 11.8 Å². The van der Waals surface area contributed by atoms with E-state index in [1.165, 1.54) is 23.1 Å². The van der Waals surface area contributed by atoms with Gasteiger partial charge in [-0.05, 0) is 23.3 Å². The smallest absolute Gasteiger partial charge is 0.258 e. The summed E-state index contributed by atoms with van der Waals surface area (Å²) in [5, 5.41) is 14.4. The van der Waals surface area contributed by atoms with Crippen molar-refractivity contribution in [1.82, 2.24) is 29.6 Å². The van der Waals surface area contributed by atoms with Crippen LogP contribution in [0.5, 0.6) is 0 Å². The average Bonchev–Trinajstić information content (AvgIpc) is 3.27. The molecular formula is C13H14N6O2S2. The monoisotopic (exact) mass is 350 g/mol. The van der Waals surface area contributed by atoms with Gasteiger partial charge in [-0.25, -0.2) is 9.67 Å². The first-order valence-corrected chi connectivity index (χ1v) is 9.12. The van der Waals surface area contributed by atoms with Crippen LogP contribution in [0.1, 0.15) is 18.5 Å². The molecular weight excluding hydrogens is 336 g/mol. The Balaban J connectivity index is 1.47. The molecule has 0 aromatic carbocycles. The highest BCUT2D eigenvalue weighted by molar-refractivity contribution is 7.98. The minimum Gasteiger partial charge on any atom is -0.376 e. The fourth-order valence-corrected chi connectivity index (χ4v) is 4.01. The van der Waals surface area contributed by atoms with E-state index in [0.717, 1.165) is 25.1 Å². The van der Waals surface area contributed by atoms with Crippen LogP contribution in [0.4, 0.5) is 0 Å². The zero-order valence-electron chi connectivity index (χ0n) is 12.2. The summed E-state index contributed by atoms with van der Waals surface area (Å²) in [4.78, 5) is 17.2. The first-order chi connectivity index (χ1) is 11.3. The first kappa shape index (κ1) is 14.8. The molecule has 0 radical (unpaired) electrons. The number of fused-ring (bicyclic) bond motifs is 1. The van der Waals surface area contributed by atoms with Crippen molar-refractivity contribution in [2.45, 2.75) is 36.4 Å². The van der Waals surface area contributed by atoms with Crippen molar-refractivity contribution in [2.24, 2.45) is 0 Å². The summed E-state index contributed by atoms with van der Waals surface area (Å²) < 4.78 is 8.92. The quantitative estimate of drug-likeness (QED) is 0.639. The molecule has 1 fully saturated rings. The number of tetrazole rings is 1. The summed E-state index contributed by atoms with van der Waals surface area (Å²) in [5.74, 6) is 0.551. The second kappa shape index (κ2) is 6.38. The molecule has 0 N–H and O–H groups in total. The van der Waals surface area contributed by atoms with Crippen LogP contribution in [-0.4, -0.2) is 42.3 Å². The van der Waals surface area contributed by atoms with E-state index in [4.69, 9.17) is 4.74 Å². The van der Waals surface area contributed by atoms with Gasteiger partial charge in [0.15, 0.2) is 4.96 Å². The first-order valence-electron chi connectivity index (χ1n) is 7.26. The van der Waals surface area contributed by atoms with Crippen LogP contribution in [0.3, 0.4) is 0 Å². The molecule has 0 aliphatic carbocycles. The van der Waals surface area contributed by atoms with Crippen LogP contribution in [0.2, 0.25) is 0 Å². The summed E-state index contributed by atoms with van der Waals surface area (Å²) in [6.07, 6.45) is 4.04. The lowest BCUT2D eigenvalue weighted by Gasteiger charge is -2.09. The van der Waals surface area contributed by atoms with Crippen LogP contribution in [0.15, 0.2) is 27.6 Å². The number of thioether (sulfide) groups is 1. The van der Waals surface area contributed by atoms with Gasteiger partial charge in [0.05, 0.1) is 18.3 Å². The third-order valence-electron chi connectivity index (χ3n) is 3.60. The largest absolute Gasteiger partial charge is 0.376 e. The van der Waals surface area contributed by atoms with Crippen molar-refractivity contribution in [3.63, 3.8) is 0 Å². The topological polar surface area (TPSA) is 87.2 Å². The van der Waals surface area contributed by atoms with E-state index in [1.807, 2.05) is 5.38 Å². The Kier molecular flexibility index (Phi) is 4.10. The predicted molar refractivity (Wildman–Crippen MR) is 85.7 cm³/mol. The number of nitrogens with zero attached hydrogens (tertiary/aromatic N) is 6. The van der Waals surface area contributed by atoms with E-state index in [2.05, 4.69) is 20.5 Å². The van der Waals surface area contributed by atoms with Gasteiger partial charge in [0, 0.05) is 30.0 Å². The molecule has 120 valence electrons. The molecule has 3 aromatic heterocycles. The van der Waals surface area contributed by atoms with Gasteiger partial charge in [-0.15, -0.1) is 16.4 Å². The standard InChI is InChI=1S/C13H14N6O2S2/c20-11-6-9(14-12-18(11)3-5-22-12)8-23-13-15-16-17-19(13)7-10-2-1-4-21-10/h3,5-6,10H,1-2,4,7-8H2/t10-/m1/s1. The van der Waals surface area contributed by atoms with Gasteiger partial charge < -0.3 is 4.74 Å². The summed E-state index contributed by atoms with van der Waals surface area (Å²) in [6.45, 7) is 1.47. The lowest BCUT2D eigenvalue weighted by Crippen LogP contribution is -2.17. The molecule has 4 rings (SSSR count). The van der Waals surface area contributed by atoms with Crippen LogP contribution in [0, 0.1) is 0 Å². The van der Waals surface area contributed by atoms with Crippen molar-refractivity contribution in [2.75, 3.05) is 6.61 Å². The van der Waals surface area contributed by atoms with Crippen LogP contribution in [0.25, 0.3) is 4.96 Å². The molecule has 8 nitrogen and oxygen atoms in total. The fraction of sp³-hybridized carbons (Fsp3) is 0.462. The Labute approximate surface area is 139 Å². The van der Waals surface area contributed by atoms with Gasteiger partial charge in [0.2, 0.25) is 5.16 Å². The van der Waals surface area contributed by atoms with E-state index in [1.54, 1.807) is 21.3 Å². The molecule has 1 saturated heterocycles. The molecule has 1 aliphatic heterocycles. The summed E-state index contributed by atoms with van der Waals surface area (Å²) >= 11 is 2.92. The van der Waals surface area contributed by atoms with Crippen LogP contribution in [-0.2, 0) is 17.0 Å². The lowest BCUT2D eigenvalue weighted by molar-refractivity contribution is 0.0912. The second-order valence-electron chi connectivity index (χ2n) is 5.21. The fourth-order valence-electron chi connectivity index (χ4n) is 2.50. The van der Waals surface area contributed by atoms with Gasteiger partial charge in [-0.2, -0.15) is 0 Å². The molecule has 10 heteroatoms. The highest BCUT2D eigenvalue weighted by Crippen LogP contribution is 2.21. The summed E-state index contributed by atoms with van der Waals surface area (Å²) in [5.41, 5.74) is 0.667. The number of ether oxygens (including phenoxy) is 1. The number of hydrogen-bond acceptors (Lipinski definition) is 8. The molecule has 0 unspecified atom stereocenters. The minimum absolute atomic E-state index is 0.0641. The van der Waals surface area contributed by atoms with Crippen molar-refractivity contribution in [3.05, 3.63) is 33.7 Å². The average molecular weight is 350 g/mol. The Morgan fingerprint density at radius 3 is 3.30 bits per heavy atom. The normalized spacial score (nSPS) is 18.0. The Morgan fingerprint density at radius 2 is 2.43 bits per heavy atom. The second-order valence-corrected chi connectivity index (χ2v) is 7.02. The molecule has 1 aliphatic rings. The third-order valence-corrected chi connectivity index (χ3v) is 5.35. The van der Waals surface area contributed by atoms with Gasteiger partial charge in [0.1, 0.15) is 0 Å². The van der Waals surface area contributed by atoms with E-state index in [-0.39, 0.29) is 11.7 Å². The molecule has 23 heavy (non-hydrogen) atoms. The Morgan fingerprint density at radius 1 is 1.48 bits per heavy atom. The van der Waals surface area contributed by atoms with Gasteiger partial charge in [-0.3, -0.25) is 9.20 Å². The molecule has 0 amide bonds. The highest BCUT2D eigenvalue weighted by Gasteiger charge is 2.19. The van der Waals surface area contributed by atoms with Crippen molar-refractivity contribution >= 4 is 28.1 Å². The maximum Gasteiger partial charge on any atom is 0.258 e. The number of rotatable bonds is 5. The Bertz CT molecular complexity index is 867. The SMILES string of the molecule is O=c1cc(CSc2nnnn2C[C@H]2CCCO2)nc2sccn12. The van der Waals surface area contributed by atoms with Gasteiger partial charge in [0.25, 0.3) is 5.56 Å². The van der Waals surface area contributed by atoms with Crippen LogP contribution < -0.4 is 5.56 Å². The zero-order chi connectivity index (χ0) is 15.6. The summed E-state index contributed by atoms with van der Waals surface area (Å²) in [6, 6.07) is 1.56. The molecule has 1 atom stereocenters. The Hall–Kier alpha value is -1.78. The van der Waals surface area contributed by atoms with E-state index in [0.29, 0.717) is 22.4 Å². The van der Waals surface area contributed by atoms with Crippen LogP contribution >= 0.6 is 23.1 Å². The number of hydrogen-bond donors (Lipinski definition) is 0. The molecule has 4 heterocycles. The zero-order valence-corrected chi connectivity index (χ0v) is 13.8. The lowest BCUT2D eigenvalue weighted by atomic mass is 10.2. The maximum atomic E-state index is 12.0. The van der Waals surface area contributed by atoms with E-state index < -0.39 is 0 Å². The third kappa shape index (κ3) is 3.14. The highest BCUT2D eigenvalue weighted by atomic mass is 32.2. The molecule has 0 saturated carbocycles. The minimum atomic E-state index is -0.0641. The predicted octanol–water partition coefficient (Wildman–Crippen LogP) is 1.21. The summed E-state index contributed by atoms with van der Waals surface area (Å²) in [7, 11) is 0. The maximum absolute atomic E-state index is 12.0. The van der Waals surface area contributed by atoms with Gasteiger partial charge >= 0.3 is 0 Å². The number of thiazole rings is 1.